The van der Waals surface area contributed by atoms with E-state index in [0.29, 0.717) is 0 Å². The maximum atomic E-state index is 2.43. The molecule has 0 aliphatic carbocycles. The molecule has 212 valence electrons. The molecule has 0 amide bonds. The molecule has 0 saturated heterocycles. The summed E-state index contributed by atoms with van der Waals surface area (Å²) in [6, 6.07) is 63.0. The van der Waals surface area contributed by atoms with E-state index in [9.17, 15) is 0 Å². The van der Waals surface area contributed by atoms with Crippen LogP contribution in [-0.4, -0.2) is 0 Å². The average molecular weight is 581 g/mol. The monoisotopic (exact) mass is 580 g/mol. The first-order chi connectivity index (χ1) is 22.8. The van der Waals surface area contributed by atoms with Crippen molar-refractivity contribution in [2.45, 2.75) is 0 Å². The largest absolute Gasteiger partial charge is 0.0616 e. The van der Waals surface area contributed by atoms with Crippen molar-refractivity contribution in [1.29, 1.82) is 0 Å². The summed E-state index contributed by atoms with van der Waals surface area (Å²) in [5.41, 5.74) is 5.12. The summed E-state index contributed by atoms with van der Waals surface area (Å²) in [4.78, 5) is 0. The van der Waals surface area contributed by atoms with Crippen LogP contribution in [-0.2, 0) is 0 Å². The molecule has 0 heterocycles. The van der Waals surface area contributed by atoms with Gasteiger partial charge in [0.15, 0.2) is 0 Å². The summed E-state index contributed by atoms with van der Waals surface area (Å²) in [5, 5.41) is 17.9. The van der Waals surface area contributed by atoms with Gasteiger partial charge >= 0.3 is 0 Å². The maximum absolute atomic E-state index is 2.43. The first-order valence-corrected chi connectivity index (χ1v) is 16.0. The molecule has 10 aromatic carbocycles. The van der Waals surface area contributed by atoms with Crippen LogP contribution in [0.2, 0.25) is 0 Å². The Morgan fingerprint density at radius 1 is 0.239 bits per heavy atom. The van der Waals surface area contributed by atoms with Gasteiger partial charge in [-0.2, -0.15) is 0 Å². The predicted molar refractivity (Wildman–Crippen MR) is 200 cm³/mol. The molecule has 0 spiro atoms. The summed E-state index contributed by atoms with van der Waals surface area (Å²) < 4.78 is 0. The second-order valence-corrected chi connectivity index (χ2v) is 12.4. The SMILES string of the molecule is c1ccc2c(-c3c4ccc5ccccc5c4c(-c4ccc5ccc6ccccc6c5c4)c4ccc5ccccc5c34)cccc2c1. The van der Waals surface area contributed by atoms with Crippen LogP contribution in [0.4, 0.5) is 0 Å². The first kappa shape index (κ1) is 25.4. The molecule has 0 atom stereocenters. The van der Waals surface area contributed by atoms with Gasteiger partial charge in [0.05, 0.1) is 0 Å². The summed E-state index contributed by atoms with van der Waals surface area (Å²) in [6.45, 7) is 0. The van der Waals surface area contributed by atoms with Gasteiger partial charge in [0, 0.05) is 0 Å². The van der Waals surface area contributed by atoms with Crippen LogP contribution in [0.15, 0.2) is 170 Å². The van der Waals surface area contributed by atoms with Gasteiger partial charge in [0.25, 0.3) is 0 Å². The van der Waals surface area contributed by atoms with Crippen LogP contribution in [0.5, 0.6) is 0 Å². The fourth-order valence-corrected chi connectivity index (χ4v) is 7.95. The van der Waals surface area contributed by atoms with Crippen LogP contribution in [0, 0.1) is 0 Å². The minimum absolute atomic E-state index is 1.25. The van der Waals surface area contributed by atoms with E-state index in [-0.39, 0.29) is 0 Å². The van der Waals surface area contributed by atoms with Crippen LogP contribution in [0.25, 0.3) is 97.7 Å². The second-order valence-electron chi connectivity index (χ2n) is 12.4. The van der Waals surface area contributed by atoms with Gasteiger partial charge in [-0.05, 0) is 104 Å². The quantitative estimate of drug-likeness (QED) is 0.141. The lowest BCUT2D eigenvalue weighted by molar-refractivity contribution is 1.70. The van der Waals surface area contributed by atoms with E-state index in [2.05, 4.69) is 170 Å². The summed E-state index contributed by atoms with van der Waals surface area (Å²) >= 11 is 0. The van der Waals surface area contributed by atoms with Crippen molar-refractivity contribution in [3.8, 4) is 22.3 Å². The number of rotatable bonds is 2. The van der Waals surface area contributed by atoms with Gasteiger partial charge < -0.3 is 0 Å². The molecule has 0 nitrogen and oxygen atoms in total. The topological polar surface area (TPSA) is 0 Å². The molecule has 0 aliphatic rings. The van der Waals surface area contributed by atoms with E-state index in [1.165, 1.54) is 97.7 Å². The van der Waals surface area contributed by atoms with Crippen LogP contribution in [0.3, 0.4) is 0 Å². The molecular weight excluding hydrogens is 553 g/mol. The van der Waals surface area contributed by atoms with Crippen LogP contribution >= 0.6 is 0 Å². The third-order valence-electron chi connectivity index (χ3n) is 9.99. The van der Waals surface area contributed by atoms with Crippen molar-refractivity contribution in [2.24, 2.45) is 0 Å². The maximum Gasteiger partial charge on any atom is -0.00137 e. The molecule has 0 unspecified atom stereocenters. The Bertz CT molecular complexity index is 2850. The second kappa shape index (κ2) is 9.76. The van der Waals surface area contributed by atoms with Crippen LogP contribution in [0.1, 0.15) is 0 Å². The minimum atomic E-state index is 1.25. The average Bonchev–Trinajstić information content (AvgIpc) is 3.13. The lowest BCUT2D eigenvalue weighted by Gasteiger charge is -2.22. The minimum Gasteiger partial charge on any atom is -0.0616 e. The van der Waals surface area contributed by atoms with Crippen molar-refractivity contribution < 1.29 is 0 Å². The molecule has 0 fully saturated rings. The first-order valence-electron chi connectivity index (χ1n) is 16.0. The van der Waals surface area contributed by atoms with E-state index < -0.39 is 0 Å². The van der Waals surface area contributed by atoms with Gasteiger partial charge in [-0.15, -0.1) is 0 Å². The Hall–Kier alpha value is -5.98. The van der Waals surface area contributed by atoms with Crippen molar-refractivity contribution >= 4 is 75.4 Å². The number of hydrogen-bond donors (Lipinski definition) is 0. The Morgan fingerprint density at radius 2 is 0.674 bits per heavy atom. The van der Waals surface area contributed by atoms with E-state index in [1.807, 2.05) is 0 Å². The fourth-order valence-electron chi connectivity index (χ4n) is 7.95. The van der Waals surface area contributed by atoms with Crippen molar-refractivity contribution in [3.63, 3.8) is 0 Å². The van der Waals surface area contributed by atoms with Crippen LogP contribution < -0.4 is 0 Å². The molecule has 0 saturated carbocycles. The van der Waals surface area contributed by atoms with Gasteiger partial charge in [-0.25, -0.2) is 0 Å². The van der Waals surface area contributed by atoms with Gasteiger partial charge in [0.1, 0.15) is 0 Å². The summed E-state index contributed by atoms with van der Waals surface area (Å²) in [7, 11) is 0. The Morgan fingerprint density at radius 3 is 1.35 bits per heavy atom. The molecule has 0 aromatic heterocycles. The number of hydrogen-bond acceptors (Lipinski definition) is 0. The molecule has 0 heteroatoms. The number of fused-ring (bicyclic) bond motifs is 10. The van der Waals surface area contributed by atoms with Gasteiger partial charge in [0.2, 0.25) is 0 Å². The molecule has 0 N–H and O–H groups in total. The zero-order valence-electron chi connectivity index (χ0n) is 25.2. The van der Waals surface area contributed by atoms with Crippen molar-refractivity contribution in [3.05, 3.63) is 170 Å². The Balaban J connectivity index is 1.48. The summed E-state index contributed by atoms with van der Waals surface area (Å²) in [5.74, 6) is 0. The van der Waals surface area contributed by atoms with E-state index >= 15 is 0 Å². The molecule has 0 radical (unpaired) electrons. The highest BCUT2D eigenvalue weighted by Crippen LogP contribution is 2.49. The molecular formula is C46H28. The normalized spacial score (nSPS) is 11.9. The molecule has 46 heavy (non-hydrogen) atoms. The molecule has 10 rings (SSSR count). The highest BCUT2D eigenvalue weighted by atomic mass is 14.2. The van der Waals surface area contributed by atoms with Crippen molar-refractivity contribution in [1.82, 2.24) is 0 Å². The van der Waals surface area contributed by atoms with Gasteiger partial charge in [-0.1, -0.05) is 164 Å². The lowest BCUT2D eigenvalue weighted by Crippen LogP contribution is -1.94. The Labute approximate surface area is 266 Å². The third kappa shape index (κ3) is 3.62. The smallest absolute Gasteiger partial charge is 0.00137 e. The van der Waals surface area contributed by atoms with E-state index in [0.717, 1.165) is 0 Å². The van der Waals surface area contributed by atoms with E-state index in [4.69, 9.17) is 0 Å². The van der Waals surface area contributed by atoms with Crippen molar-refractivity contribution in [2.75, 3.05) is 0 Å². The highest BCUT2D eigenvalue weighted by molar-refractivity contribution is 6.33. The predicted octanol–water partition coefficient (Wildman–Crippen LogP) is 13.1. The zero-order chi connectivity index (χ0) is 30.2. The third-order valence-corrected chi connectivity index (χ3v) is 9.99. The zero-order valence-corrected chi connectivity index (χ0v) is 25.2. The molecule has 0 bridgehead atoms. The number of benzene rings is 10. The Kier molecular flexibility index (Phi) is 5.38. The summed E-state index contributed by atoms with van der Waals surface area (Å²) in [6.07, 6.45) is 0. The van der Waals surface area contributed by atoms with Gasteiger partial charge in [-0.3, -0.25) is 0 Å². The lowest BCUT2D eigenvalue weighted by atomic mass is 9.81. The molecule has 10 aromatic rings. The standard InChI is InChI=1S/C46H28/c1-5-15-35-29(10-1)14-9-19-39(35)46-41-27-25-31-12-3-7-17-37(31)44(41)43(40-26-24-32-13-4-8-18-38(32)45(40)46)34-23-22-33-21-20-30-11-2-6-16-36(30)42(33)28-34/h1-28H. The fraction of sp³-hybridized carbons (Fsp3) is 0. The molecule has 0 aliphatic heterocycles. The van der Waals surface area contributed by atoms with E-state index in [1.54, 1.807) is 0 Å². The highest BCUT2D eigenvalue weighted by Gasteiger charge is 2.21.